The molecule has 0 saturated heterocycles. The van der Waals surface area contributed by atoms with Crippen molar-refractivity contribution in [2.45, 2.75) is 104 Å². The smallest absolute Gasteiger partial charge is 0.0537 e. The van der Waals surface area contributed by atoms with Crippen LogP contribution in [0.15, 0.2) is 114 Å². The normalized spacial score (nSPS) is 18.2. The van der Waals surface area contributed by atoms with Crippen molar-refractivity contribution in [3.63, 3.8) is 0 Å². The molecule has 0 aromatic heterocycles. The Morgan fingerprint density at radius 3 is 2.02 bits per heavy atom. The van der Waals surface area contributed by atoms with Gasteiger partial charge in [-0.1, -0.05) is 120 Å². The van der Waals surface area contributed by atoms with Gasteiger partial charge in [0.2, 0.25) is 0 Å². The molecule has 0 amide bonds. The van der Waals surface area contributed by atoms with E-state index in [4.69, 9.17) is 0 Å². The molecule has 1 saturated carbocycles. The lowest BCUT2D eigenvalue weighted by molar-refractivity contribution is 0.660. The van der Waals surface area contributed by atoms with Crippen LogP contribution in [0, 0.1) is 5.92 Å². The van der Waals surface area contributed by atoms with Crippen LogP contribution in [0.5, 0.6) is 0 Å². The molecule has 4 aromatic carbocycles. The van der Waals surface area contributed by atoms with Gasteiger partial charge < -0.3 is 4.90 Å². The molecule has 1 heteroatoms. The van der Waals surface area contributed by atoms with Crippen molar-refractivity contribution in [1.29, 1.82) is 0 Å². The van der Waals surface area contributed by atoms with E-state index >= 15 is 0 Å². The first-order valence-corrected chi connectivity index (χ1v) is 18.5. The van der Waals surface area contributed by atoms with Gasteiger partial charge in [0.05, 0.1) is 5.69 Å². The highest BCUT2D eigenvalue weighted by molar-refractivity contribution is 5.93. The van der Waals surface area contributed by atoms with E-state index in [2.05, 4.69) is 144 Å². The highest BCUT2D eigenvalue weighted by Crippen LogP contribution is 2.53. The summed E-state index contributed by atoms with van der Waals surface area (Å²) in [5.74, 6) is 0.848. The number of rotatable bonds is 7. The van der Waals surface area contributed by atoms with E-state index in [9.17, 15) is 0 Å². The summed E-state index contributed by atoms with van der Waals surface area (Å²) >= 11 is 0. The van der Waals surface area contributed by atoms with Crippen molar-refractivity contribution in [2.75, 3.05) is 4.90 Å². The second kappa shape index (κ2) is 13.1. The van der Waals surface area contributed by atoms with Gasteiger partial charge in [0.1, 0.15) is 0 Å². The molecule has 0 heterocycles. The van der Waals surface area contributed by atoms with Crippen LogP contribution in [-0.4, -0.2) is 0 Å². The standard InChI is InChI=1S/C47H53N/c1-31(2)33(5)25-35-19-13-14-22-38(35)30-48(45-27-37-21-12-11-20-36(37)26-40(45)32(3)4)46-29-44-42(28-41(46)34-17-9-8-10-18-34)39-23-15-16-24-43(39)47(44,6)7/h8-10,15-18,23-32H,5,11-14,19-22H2,1-4,6-7H3/b35-25-,38-30-. The summed E-state index contributed by atoms with van der Waals surface area (Å²) in [4.78, 5) is 2.62. The molecule has 246 valence electrons. The van der Waals surface area contributed by atoms with Crippen LogP contribution < -0.4 is 4.90 Å². The molecule has 3 aliphatic rings. The quantitative estimate of drug-likeness (QED) is 0.196. The van der Waals surface area contributed by atoms with Crippen LogP contribution >= 0.6 is 0 Å². The lowest BCUT2D eigenvalue weighted by Gasteiger charge is -2.33. The van der Waals surface area contributed by atoms with Crippen LogP contribution in [0.3, 0.4) is 0 Å². The maximum Gasteiger partial charge on any atom is 0.0537 e. The average molecular weight is 632 g/mol. The van der Waals surface area contributed by atoms with Gasteiger partial charge in [-0.2, -0.15) is 0 Å². The molecule has 1 nitrogen and oxygen atoms in total. The topological polar surface area (TPSA) is 3.24 Å². The number of fused-ring (bicyclic) bond motifs is 4. The Kier molecular flexibility index (Phi) is 8.84. The molecular formula is C47H53N. The number of hydrogen-bond acceptors (Lipinski definition) is 1. The van der Waals surface area contributed by atoms with Crippen molar-refractivity contribution >= 4 is 11.4 Å². The fraction of sp³-hybridized carbons (Fsp3) is 0.362. The number of benzene rings is 4. The monoisotopic (exact) mass is 631 g/mol. The molecule has 0 spiro atoms. The van der Waals surface area contributed by atoms with Gasteiger partial charge in [-0.15, -0.1) is 0 Å². The first-order chi connectivity index (χ1) is 23.1. The Labute approximate surface area is 290 Å². The second-order valence-corrected chi connectivity index (χ2v) is 15.6. The zero-order valence-electron chi connectivity index (χ0n) is 30.1. The van der Waals surface area contributed by atoms with Gasteiger partial charge in [0.25, 0.3) is 0 Å². The van der Waals surface area contributed by atoms with Crippen LogP contribution in [-0.2, 0) is 18.3 Å². The number of anilines is 2. The van der Waals surface area contributed by atoms with E-state index < -0.39 is 0 Å². The van der Waals surface area contributed by atoms with E-state index in [0.29, 0.717) is 11.8 Å². The van der Waals surface area contributed by atoms with E-state index in [0.717, 1.165) is 12.8 Å². The van der Waals surface area contributed by atoms with Crippen LogP contribution in [0.4, 0.5) is 11.4 Å². The zero-order chi connectivity index (χ0) is 33.6. The summed E-state index contributed by atoms with van der Waals surface area (Å²) < 4.78 is 0. The molecule has 3 aliphatic carbocycles. The molecule has 0 radical (unpaired) electrons. The van der Waals surface area contributed by atoms with Crippen LogP contribution in [0.25, 0.3) is 22.3 Å². The predicted octanol–water partition coefficient (Wildman–Crippen LogP) is 13.4. The van der Waals surface area contributed by atoms with Gasteiger partial charge in [-0.05, 0) is 137 Å². The summed E-state index contributed by atoms with van der Waals surface area (Å²) in [5.41, 5.74) is 19.3. The van der Waals surface area contributed by atoms with Crippen molar-refractivity contribution in [3.05, 3.63) is 142 Å². The lowest BCUT2D eigenvalue weighted by atomic mass is 9.81. The minimum absolute atomic E-state index is 0.0870. The largest absolute Gasteiger partial charge is 0.316 e. The molecular weight excluding hydrogens is 579 g/mol. The van der Waals surface area contributed by atoms with Gasteiger partial charge in [-0.25, -0.2) is 0 Å². The van der Waals surface area contributed by atoms with Gasteiger partial charge in [0, 0.05) is 22.9 Å². The molecule has 48 heavy (non-hydrogen) atoms. The van der Waals surface area contributed by atoms with E-state index in [1.807, 2.05) is 0 Å². The Morgan fingerprint density at radius 2 is 1.31 bits per heavy atom. The first-order valence-electron chi connectivity index (χ1n) is 18.5. The molecule has 7 rings (SSSR count). The Bertz CT molecular complexity index is 1910. The van der Waals surface area contributed by atoms with Crippen LogP contribution in [0.1, 0.15) is 114 Å². The molecule has 1 fully saturated rings. The number of allylic oxidation sites excluding steroid dienone is 4. The van der Waals surface area contributed by atoms with Gasteiger partial charge in [0.15, 0.2) is 0 Å². The summed E-state index contributed by atoms with van der Waals surface area (Å²) in [6, 6.07) is 30.3. The number of nitrogens with zero attached hydrogens (tertiary/aromatic N) is 1. The number of aryl methyl sites for hydroxylation is 2. The molecule has 0 N–H and O–H groups in total. The van der Waals surface area contributed by atoms with Crippen molar-refractivity contribution in [3.8, 4) is 22.3 Å². The Hall–Kier alpha value is -4.10. The van der Waals surface area contributed by atoms with E-state index in [1.54, 1.807) is 5.56 Å². The molecule has 0 unspecified atom stereocenters. The predicted molar refractivity (Wildman–Crippen MR) is 207 cm³/mol. The van der Waals surface area contributed by atoms with Gasteiger partial charge >= 0.3 is 0 Å². The highest BCUT2D eigenvalue weighted by atomic mass is 15.1. The third-order valence-corrected chi connectivity index (χ3v) is 11.4. The molecule has 0 bridgehead atoms. The third kappa shape index (κ3) is 5.91. The zero-order valence-corrected chi connectivity index (χ0v) is 30.1. The Morgan fingerprint density at radius 1 is 0.667 bits per heavy atom. The summed E-state index contributed by atoms with van der Waals surface area (Å²) in [7, 11) is 0. The summed E-state index contributed by atoms with van der Waals surface area (Å²) in [6.07, 6.45) is 14.6. The first kappa shape index (κ1) is 32.4. The molecule has 0 aliphatic heterocycles. The SMILES string of the molecule is C=C(/C=C1/CCCC/C1=C/N(c1cc2c(cc1-c1ccccc1)-c1ccccc1C2(C)C)c1cc2c(cc1C(C)C)CCCC2)C(C)C. The third-order valence-electron chi connectivity index (χ3n) is 11.4. The van der Waals surface area contributed by atoms with Crippen molar-refractivity contribution < 1.29 is 0 Å². The second-order valence-electron chi connectivity index (χ2n) is 15.6. The average Bonchev–Trinajstić information content (AvgIpc) is 3.32. The Balaban J connectivity index is 1.54. The van der Waals surface area contributed by atoms with Crippen molar-refractivity contribution in [2.24, 2.45) is 5.92 Å². The minimum atomic E-state index is -0.0870. The lowest BCUT2D eigenvalue weighted by Crippen LogP contribution is -2.19. The van der Waals surface area contributed by atoms with E-state index in [-0.39, 0.29) is 5.41 Å². The van der Waals surface area contributed by atoms with Crippen LogP contribution in [0.2, 0.25) is 0 Å². The minimum Gasteiger partial charge on any atom is -0.316 e. The summed E-state index contributed by atoms with van der Waals surface area (Å²) in [6.45, 7) is 18.6. The fourth-order valence-electron chi connectivity index (χ4n) is 8.33. The highest BCUT2D eigenvalue weighted by Gasteiger charge is 2.37. The number of hydrogen-bond donors (Lipinski definition) is 0. The van der Waals surface area contributed by atoms with E-state index in [1.165, 1.54) is 111 Å². The fourth-order valence-corrected chi connectivity index (χ4v) is 8.33. The maximum atomic E-state index is 4.48. The molecule has 0 atom stereocenters. The van der Waals surface area contributed by atoms with Crippen molar-refractivity contribution in [1.82, 2.24) is 0 Å². The van der Waals surface area contributed by atoms with Gasteiger partial charge in [-0.3, -0.25) is 0 Å². The summed E-state index contributed by atoms with van der Waals surface area (Å²) in [5, 5.41) is 0. The maximum absolute atomic E-state index is 4.48. The molecule has 4 aromatic rings.